The fourth-order valence-electron chi connectivity index (χ4n) is 5.07. The average Bonchev–Trinajstić information content (AvgIpc) is 2.65. The van der Waals surface area contributed by atoms with Crippen molar-refractivity contribution in [2.45, 2.75) is 58.7 Å². The van der Waals surface area contributed by atoms with Crippen LogP contribution in [0, 0.1) is 29.1 Å². The number of carbonyl (C=O) groups is 1. The minimum atomic E-state index is -3.43. The Morgan fingerprint density at radius 2 is 2.00 bits per heavy atom. The van der Waals surface area contributed by atoms with E-state index in [2.05, 4.69) is 13.8 Å². The summed E-state index contributed by atoms with van der Waals surface area (Å²) in [5, 5.41) is 0. The second-order valence-corrected chi connectivity index (χ2v) is 9.47. The third-order valence-corrected chi connectivity index (χ3v) is 6.96. The SMILES string of the molecule is C[C@@H]1[C@H](OS(C)(=O)=O)CC[C@]2(C)C[C@@H]3OC(=O)[C@@H](C)[C@H]3C[C@@H]12. The van der Waals surface area contributed by atoms with Crippen LogP contribution in [0.25, 0.3) is 0 Å². The van der Waals surface area contributed by atoms with Gasteiger partial charge in [-0.3, -0.25) is 8.98 Å². The molecule has 1 aliphatic heterocycles. The highest BCUT2D eigenvalue weighted by atomic mass is 32.2. The fourth-order valence-corrected chi connectivity index (χ4v) is 5.79. The van der Waals surface area contributed by atoms with Crippen molar-refractivity contribution < 1.29 is 22.1 Å². The van der Waals surface area contributed by atoms with Gasteiger partial charge < -0.3 is 4.74 Å². The van der Waals surface area contributed by atoms with Gasteiger partial charge >= 0.3 is 5.97 Å². The van der Waals surface area contributed by atoms with Gasteiger partial charge in [0.25, 0.3) is 10.1 Å². The van der Waals surface area contributed by atoms with Crippen molar-refractivity contribution in [1.29, 1.82) is 0 Å². The third kappa shape index (κ3) is 2.68. The monoisotopic (exact) mass is 330 g/mol. The van der Waals surface area contributed by atoms with Crippen molar-refractivity contribution in [2.24, 2.45) is 29.1 Å². The van der Waals surface area contributed by atoms with Crippen LogP contribution in [-0.2, 0) is 23.8 Å². The van der Waals surface area contributed by atoms with Crippen LogP contribution >= 0.6 is 0 Å². The van der Waals surface area contributed by atoms with E-state index < -0.39 is 10.1 Å². The van der Waals surface area contributed by atoms with Crippen LogP contribution in [0.15, 0.2) is 0 Å². The maximum atomic E-state index is 11.9. The molecule has 3 aliphatic rings. The molecule has 0 N–H and O–H groups in total. The van der Waals surface area contributed by atoms with Gasteiger partial charge in [0.2, 0.25) is 0 Å². The second kappa shape index (κ2) is 5.20. The zero-order chi connectivity index (χ0) is 16.3. The molecule has 0 bridgehead atoms. The molecule has 0 spiro atoms. The normalized spacial score (nSPS) is 48.5. The number of fused-ring (bicyclic) bond motifs is 2. The van der Waals surface area contributed by atoms with E-state index in [1.54, 1.807) is 0 Å². The molecule has 2 aliphatic carbocycles. The van der Waals surface area contributed by atoms with Crippen LogP contribution in [0.5, 0.6) is 0 Å². The molecule has 3 fully saturated rings. The molecule has 1 heterocycles. The van der Waals surface area contributed by atoms with Crippen LogP contribution in [-0.4, -0.2) is 32.9 Å². The van der Waals surface area contributed by atoms with Crippen molar-refractivity contribution >= 4 is 16.1 Å². The van der Waals surface area contributed by atoms with Crippen molar-refractivity contribution in [3.63, 3.8) is 0 Å². The predicted octanol–water partition coefficient (Wildman–Crippen LogP) is 2.36. The quantitative estimate of drug-likeness (QED) is 0.574. The predicted molar refractivity (Wildman–Crippen MR) is 81.5 cm³/mol. The Hall–Kier alpha value is -0.620. The van der Waals surface area contributed by atoms with E-state index >= 15 is 0 Å². The van der Waals surface area contributed by atoms with Crippen LogP contribution in [0.4, 0.5) is 0 Å². The number of esters is 1. The molecule has 2 saturated carbocycles. The molecule has 0 aromatic heterocycles. The molecule has 1 saturated heterocycles. The number of hydrogen-bond acceptors (Lipinski definition) is 5. The molecule has 6 heteroatoms. The van der Waals surface area contributed by atoms with Crippen molar-refractivity contribution in [3.8, 4) is 0 Å². The molecular weight excluding hydrogens is 304 g/mol. The van der Waals surface area contributed by atoms with E-state index in [1.807, 2.05) is 6.92 Å². The first kappa shape index (κ1) is 16.2. The Morgan fingerprint density at radius 1 is 1.32 bits per heavy atom. The summed E-state index contributed by atoms with van der Waals surface area (Å²) in [5.74, 6) is 0.709. The Morgan fingerprint density at radius 3 is 2.64 bits per heavy atom. The third-order valence-electron chi connectivity index (χ3n) is 6.37. The largest absolute Gasteiger partial charge is 0.462 e. The first-order valence-electron chi connectivity index (χ1n) is 8.19. The molecule has 22 heavy (non-hydrogen) atoms. The fraction of sp³-hybridized carbons (Fsp3) is 0.938. The number of carbonyl (C=O) groups excluding carboxylic acids is 1. The first-order valence-corrected chi connectivity index (χ1v) is 10.0. The smallest absolute Gasteiger partial charge is 0.309 e. The lowest BCUT2D eigenvalue weighted by Crippen LogP contribution is -2.50. The highest BCUT2D eigenvalue weighted by molar-refractivity contribution is 7.86. The van der Waals surface area contributed by atoms with Crippen LogP contribution in [0.1, 0.15) is 46.5 Å². The highest BCUT2D eigenvalue weighted by Gasteiger charge is 2.56. The lowest BCUT2D eigenvalue weighted by Gasteiger charge is -2.53. The van der Waals surface area contributed by atoms with Gasteiger partial charge in [-0.15, -0.1) is 0 Å². The van der Waals surface area contributed by atoms with Crippen LogP contribution < -0.4 is 0 Å². The minimum Gasteiger partial charge on any atom is -0.462 e. The van der Waals surface area contributed by atoms with Crippen LogP contribution in [0.2, 0.25) is 0 Å². The van der Waals surface area contributed by atoms with E-state index in [9.17, 15) is 13.2 Å². The molecule has 3 rings (SSSR count). The standard InChI is InChI=1S/C16H26O5S/c1-9-11-7-12-10(2)13(21-22(4,18)19)5-6-16(12,3)8-14(11)20-15(9)17/h9-14H,5-8H2,1-4H3/t9-,10-,11+,12-,13+,14-,16+/m0/s1. The summed E-state index contributed by atoms with van der Waals surface area (Å²) in [6.45, 7) is 6.31. The summed E-state index contributed by atoms with van der Waals surface area (Å²) in [6.07, 6.45) is 4.43. The van der Waals surface area contributed by atoms with E-state index in [-0.39, 0.29) is 41.3 Å². The van der Waals surface area contributed by atoms with E-state index in [0.29, 0.717) is 5.92 Å². The Bertz CT molecular complexity index is 571. The van der Waals surface area contributed by atoms with Crippen molar-refractivity contribution in [2.75, 3.05) is 6.26 Å². The maximum absolute atomic E-state index is 11.9. The Kier molecular flexibility index (Phi) is 3.84. The zero-order valence-electron chi connectivity index (χ0n) is 13.7. The van der Waals surface area contributed by atoms with Gasteiger partial charge in [0.1, 0.15) is 6.10 Å². The van der Waals surface area contributed by atoms with Gasteiger partial charge in [-0.1, -0.05) is 20.8 Å². The lowest BCUT2D eigenvalue weighted by molar-refractivity contribution is -0.147. The summed E-state index contributed by atoms with van der Waals surface area (Å²) >= 11 is 0. The second-order valence-electron chi connectivity index (χ2n) is 7.86. The van der Waals surface area contributed by atoms with Gasteiger partial charge in [-0.25, -0.2) is 0 Å². The van der Waals surface area contributed by atoms with Gasteiger partial charge in [0.15, 0.2) is 0 Å². The first-order chi connectivity index (χ1) is 10.1. The van der Waals surface area contributed by atoms with Crippen LogP contribution in [0.3, 0.4) is 0 Å². The van der Waals surface area contributed by atoms with Gasteiger partial charge in [0, 0.05) is 5.92 Å². The summed E-state index contributed by atoms with van der Waals surface area (Å²) in [6, 6.07) is 0. The maximum Gasteiger partial charge on any atom is 0.309 e. The molecule has 126 valence electrons. The summed E-state index contributed by atoms with van der Waals surface area (Å²) in [5.41, 5.74) is 0.113. The lowest BCUT2D eigenvalue weighted by atomic mass is 9.53. The zero-order valence-corrected chi connectivity index (χ0v) is 14.6. The van der Waals surface area contributed by atoms with Gasteiger partial charge in [-0.05, 0) is 42.9 Å². The average molecular weight is 330 g/mol. The molecule has 0 radical (unpaired) electrons. The number of rotatable bonds is 2. The number of ether oxygens (including phenoxy) is 1. The minimum absolute atomic E-state index is 0.0436. The van der Waals surface area contributed by atoms with E-state index in [4.69, 9.17) is 8.92 Å². The topological polar surface area (TPSA) is 69.7 Å². The van der Waals surface area contributed by atoms with Crippen molar-refractivity contribution in [3.05, 3.63) is 0 Å². The number of hydrogen-bond donors (Lipinski definition) is 0. The molecule has 0 aromatic carbocycles. The van der Waals surface area contributed by atoms with E-state index in [1.165, 1.54) is 0 Å². The molecular formula is C16H26O5S. The summed E-state index contributed by atoms with van der Waals surface area (Å²) in [4.78, 5) is 11.9. The Balaban J connectivity index is 1.81. The Labute approximate surface area is 132 Å². The summed E-state index contributed by atoms with van der Waals surface area (Å²) < 4.78 is 33.8. The molecule has 5 nitrogen and oxygen atoms in total. The van der Waals surface area contributed by atoms with Gasteiger partial charge in [0.05, 0.1) is 18.3 Å². The summed E-state index contributed by atoms with van der Waals surface area (Å²) in [7, 11) is -3.43. The van der Waals surface area contributed by atoms with Gasteiger partial charge in [-0.2, -0.15) is 8.42 Å². The molecule has 0 aromatic rings. The molecule has 7 atom stereocenters. The van der Waals surface area contributed by atoms with E-state index in [0.717, 1.165) is 31.9 Å². The highest BCUT2D eigenvalue weighted by Crippen LogP contribution is 2.57. The molecule has 0 amide bonds. The molecule has 0 unspecified atom stereocenters. The van der Waals surface area contributed by atoms with Crippen molar-refractivity contribution in [1.82, 2.24) is 0 Å².